The van der Waals surface area contributed by atoms with Gasteiger partial charge in [0.25, 0.3) is 0 Å². The van der Waals surface area contributed by atoms with E-state index in [1.165, 1.54) is 5.57 Å². The fourth-order valence-corrected chi connectivity index (χ4v) is 7.41. The summed E-state index contributed by atoms with van der Waals surface area (Å²) in [6.07, 6.45) is 5.35. The van der Waals surface area contributed by atoms with Gasteiger partial charge < -0.3 is 15.5 Å². The molecule has 7 atom stereocenters. The molecule has 3 aliphatic carbocycles. The normalized spacial score (nSPS) is 41.1. The molecule has 4 nitrogen and oxygen atoms in total. The van der Waals surface area contributed by atoms with Crippen molar-refractivity contribution in [2.45, 2.75) is 83.2 Å². The number of alkyl halides is 3. The van der Waals surface area contributed by atoms with E-state index in [0.29, 0.717) is 49.3 Å². The molecule has 7 heteroatoms. The summed E-state index contributed by atoms with van der Waals surface area (Å²) < 4.78 is 39.7. The molecule has 0 aromatic rings. The van der Waals surface area contributed by atoms with Crippen molar-refractivity contribution in [1.29, 1.82) is 0 Å². The van der Waals surface area contributed by atoms with Gasteiger partial charge in [-0.3, -0.25) is 4.90 Å². The van der Waals surface area contributed by atoms with Crippen LogP contribution in [0.1, 0.15) is 58.8 Å². The molecule has 4 rings (SSSR count). The van der Waals surface area contributed by atoms with Crippen molar-refractivity contribution in [3.05, 3.63) is 35.5 Å². The van der Waals surface area contributed by atoms with Gasteiger partial charge in [0.1, 0.15) is 6.04 Å². The van der Waals surface area contributed by atoms with Gasteiger partial charge in [-0.15, -0.1) is 0 Å². The largest absolute Gasteiger partial charge is 0.405 e. The third-order valence-electron chi connectivity index (χ3n) is 9.19. The maximum atomic E-state index is 13.2. The lowest BCUT2D eigenvalue weighted by molar-refractivity contribution is -0.165. The van der Waals surface area contributed by atoms with E-state index in [9.17, 15) is 23.4 Å². The number of nitrogens with one attached hydrogen (secondary N) is 1. The van der Waals surface area contributed by atoms with Crippen LogP contribution in [0.4, 0.5) is 13.2 Å². The van der Waals surface area contributed by atoms with E-state index in [1.54, 1.807) is 0 Å². The van der Waals surface area contributed by atoms with Crippen molar-refractivity contribution in [3.8, 4) is 0 Å². The lowest BCUT2D eigenvalue weighted by atomic mass is 9.61. The molecule has 3 N–H and O–H groups in total. The molecular formula is C27H41F3N2O2. The molecule has 192 valence electrons. The Hall–Kier alpha value is -1.15. The smallest absolute Gasteiger partial charge is 0.393 e. The van der Waals surface area contributed by atoms with Crippen molar-refractivity contribution in [1.82, 2.24) is 10.2 Å². The molecular weight excluding hydrogens is 441 g/mol. The van der Waals surface area contributed by atoms with Crippen LogP contribution in [0, 0.1) is 23.2 Å². The summed E-state index contributed by atoms with van der Waals surface area (Å²) in [5, 5.41) is 22.8. The monoisotopic (exact) mass is 482 g/mol. The Kier molecular flexibility index (Phi) is 7.68. The second kappa shape index (κ2) is 10.1. The zero-order chi connectivity index (χ0) is 24.7. The number of hydrogen-bond donors (Lipinski definition) is 3. The van der Waals surface area contributed by atoms with Gasteiger partial charge in [0.05, 0.1) is 12.2 Å². The summed E-state index contributed by atoms with van der Waals surface area (Å²) >= 11 is 0. The van der Waals surface area contributed by atoms with E-state index in [2.05, 4.69) is 37.9 Å². The second-order valence-electron chi connectivity index (χ2n) is 11.4. The Labute approximate surface area is 202 Å². The Bertz CT molecular complexity index is 823. The number of rotatable bonds is 4. The highest BCUT2D eigenvalue weighted by Gasteiger charge is 2.51. The Morgan fingerprint density at radius 1 is 1.26 bits per heavy atom. The van der Waals surface area contributed by atoms with Crippen molar-refractivity contribution in [3.63, 3.8) is 0 Å². The van der Waals surface area contributed by atoms with Crippen LogP contribution in [-0.4, -0.2) is 65.7 Å². The third-order valence-corrected chi connectivity index (χ3v) is 9.19. The molecule has 1 aliphatic heterocycles. The van der Waals surface area contributed by atoms with Gasteiger partial charge in [0.2, 0.25) is 0 Å². The van der Waals surface area contributed by atoms with E-state index < -0.39 is 24.4 Å². The van der Waals surface area contributed by atoms with Gasteiger partial charge in [-0.1, -0.05) is 38.2 Å². The molecule has 1 heterocycles. The summed E-state index contributed by atoms with van der Waals surface area (Å²) in [5.41, 5.74) is 3.26. The molecule has 4 fully saturated rings. The minimum absolute atomic E-state index is 0.0427. The Balaban J connectivity index is 1.44. The van der Waals surface area contributed by atoms with E-state index in [4.69, 9.17) is 0 Å². The molecule has 3 saturated carbocycles. The highest BCUT2D eigenvalue weighted by molar-refractivity contribution is 5.38. The maximum absolute atomic E-state index is 13.2. The molecule has 1 saturated heterocycles. The number of hydrogen-bond acceptors (Lipinski definition) is 4. The number of allylic oxidation sites excluding steroid dienone is 3. The van der Waals surface area contributed by atoms with Crippen LogP contribution < -0.4 is 5.32 Å². The fraction of sp³-hybridized carbons (Fsp3) is 0.778. The predicted octanol–water partition coefficient (Wildman–Crippen LogP) is 4.60. The first-order valence-electron chi connectivity index (χ1n) is 13.0. The molecule has 34 heavy (non-hydrogen) atoms. The van der Waals surface area contributed by atoms with Crippen molar-refractivity contribution < 1.29 is 23.4 Å². The van der Waals surface area contributed by atoms with Crippen molar-refractivity contribution in [2.75, 3.05) is 26.2 Å². The average Bonchev–Trinajstić information content (AvgIpc) is 3.12. The molecule has 0 aromatic heterocycles. The van der Waals surface area contributed by atoms with Gasteiger partial charge in [0, 0.05) is 32.6 Å². The summed E-state index contributed by atoms with van der Waals surface area (Å²) in [5.74, 6) is 1.34. The molecule has 1 unspecified atom stereocenters. The minimum atomic E-state index is -4.19. The molecule has 0 spiro atoms. The maximum Gasteiger partial charge on any atom is 0.405 e. The van der Waals surface area contributed by atoms with Crippen LogP contribution in [0.2, 0.25) is 0 Å². The number of halogens is 3. The summed E-state index contributed by atoms with van der Waals surface area (Å²) in [4.78, 5) is 2.01. The summed E-state index contributed by atoms with van der Waals surface area (Å²) in [6, 6.07) is -1.43. The lowest BCUT2D eigenvalue weighted by Crippen LogP contribution is -2.57. The molecule has 0 aromatic carbocycles. The lowest BCUT2D eigenvalue weighted by Gasteiger charge is -2.45. The molecule has 4 aliphatic rings. The average molecular weight is 483 g/mol. The van der Waals surface area contributed by atoms with E-state index in [-0.39, 0.29) is 12.0 Å². The predicted molar refractivity (Wildman–Crippen MR) is 128 cm³/mol. The van der Waals surface area contributed by atoms with Gasteiger partial charge in [0.15, 0.2) is 0 Å². The summed E-state index contributed by atoms with van der Waals surface area (Å²) in [7, 11) is 0. The Morgan fingerprint density at radius 3 is 2.76 bits per heavy atom. The molecule has 0 bridgehead atoms. The van der Waals surface area contributed by atoms with Crippen LogP contribution in [0.3, 0.4) is 0 Å². The third kappa shape index (κ3) is 5.32. The SMILES string of the molecule is C=C1C(=CC=C2CCC[C@]3(C)[C@@H]([C@@H](C)CN4CCNC(C(F)(F)F)C4)CC[C@@H]23)C[C@@H](O)C[C@@H]1O. The van der Waals surface area contributed by atoms with Crippen LogP contribution in [-0.2, 0) is 0 Å². The topological polar surface area (TPSA) is 55.7 Å². The van der Waals surface area contributed by atoms with E-state index in [1.807, 2.05) is 4.90 Å². The number of aliphatic hydroxyl groups is 2. The Morgan fingerprint density at radius 2 is 2.03 bits per heavy atom. The number of nitrogens with zero attached hydrogens (tertiary/aromatic N) is 1. The van der Waals surface area contributed by atoms with Gasteiger partial charge >= 0.3 is 6.18 Å². The quantitative estimate of drug-likeness (QED) is 0.548. The van der Waals surface area contributed by atoms with Crippen LogP contribution in [0.15, 0.2) is 35.5 Å². The van der Waals surface area contributed by atoms with Gasteiger partial charge in [-0.2, -0.15) is 13.2 Å². The van der Waals surface area contributed by atoms with E-state index >= 15 is 0 Å². The zero-order valence-electron chi connectivity index (χ0n) is 20.6. The van der Waals surface area contributed by atoms with Crippen molar-refractivity contribution in [2.24, 2.45) is 23.2 Å². The zero-order valence-corrected chi connectivity index (χ0v) is 20.6. The van der Waals surface area contributed by atoms with Gasteiger partial charge in [-0.25, -0.2) is 0 Å². The highest BCUT2D eigenvalue weighted by Crippen LogP contribution is 2.59. The van der Waals surface area contributed by atoms with E-state index in [0.717, 1.165) is 44.2 Å². The molecule has 0 amide bonds. The van der Waals surface area contributed by atoms with Crippen LogP contribution in [0.25, 0.3) is 0 Å². The molecule has 0 radical (unpaired) electrons. The van der Waals surface area contributed by atoms with Crippen LogP contribution >= 0.6 is 0 Å². The first-order chi connectivity index (χ1) is 16.0. The van der Waals surface area contributed by atoms with Crippen LogP contribution in [0.5, 0.6) is 0 Å². The fourth-order valence-electron chi connectivity index (χ4n) is 7.41. The second-order valence-corrected chi connectivity index (χ2v) is 11.4. The van der Waals surface area contributed by atoms with Crippen molar-refractivity contribution >= 4 is 0 Å². The highest BCUT2D eigenvalue weighted by atomic mass is 19.4. The summed E-state index contributed by atoms with van der Waals surface area (Å²) in [6.45, 7) is 10.5. The number of aliphatic hydroxyl groups excluding tert-OH is 2. The van der Waals surface area contributed by atoms with Gasteiger partial charge in [-0.05, 0) is 72.8 Å². The first kappa shape index (κ1) is 25.9. The minimum Gasteiger partial charge on any atom is -0.393 e. The first-order valence-corrected chi connectivity index (χ1v) is 13.0. The number of piperazine rings is 1. The standard InChI is InChI=1S/C27H41F3N2O2/c1-17(15-32-12-11-31-25(16-32)27(28,29)30)22-8-9-23-19(5-4-10-26(22,23)3)6-7-20-13-21(33)14-24(34)18(20)2/h6-7,17,21-25,31,33-34H,2,4-5,8-16H2,1,3H3/t17-,21+,22+,23-,24-,25?,26+/m0/s1. The number of fused-ring (bicyclic) bond motifs is 1.